The van der Waals surface area contributed by atoms with E-state index >= 15 is 0 Å². The lowest BCUT2D eigenvalue weighted by Crippen LogP contribution is -2.48. The first-order chi connectivity index (χ1) is 15.3. The molecule has 1 heterocycles. The first-order valence-corrected chi connectivity index (χ1v) is 10.8. The summed E-state index contributed by atoms with van der Waals surface area (Å²) in [6, 6.07) is 17.5. The number of hydrogen-bond donors (Lipinski definition) is 1. The molecular weight excluding hydrogens is 439 g/mol. The lowest BCUT2D eigenvalue weighted by atomic mass is 10.0. The fraction of sp³-hybridized carbons (Fsp3) is 0.292. The minimum absolute atomic E-state index is 0.0268. The Labute approximate surface area is 189 Å². The van der Waals surface area contributed by atoms with Crippen LogP contribution in [0.2, 0.25) is 5.02 Å². The number of halogens is 4. The number of fused-ring (bicyclic) bond motifs is 1. The second-order valence-electron chi connectivity index (χ2n) is 7.93. The summed E-state index contributed by atoms with van der Waals surface area (Å²) in [6.07, 6.45) is -4.50. The number of nitrogens with one attached hydrogen (secondary N) is 1. The zero-order valence-electron chi connectivity index (χ0n) is 17.3. The molecule has 0 aliphatic carbocycles. The molecule has 4 nitrogen and oxygen atoms in total. The number of nitrogens with zero attached hydrogens (tertiary/aromatic N) is 2. The Morgan fingerprint density at radius 1 is 0.938 bits per heavy atom. The minimum atomic E-state index is -4.50. The van der Waals surface area contributed by atoms with Crippen molar-refractivity contribution in [2.24, 2.45) is 0 Å². The quantitative estimate of drug-likeness (QED) is 0.562. The Hall–Kier alpha value is -2.61. The van der Waals surface area contributed by atoms with Gasteiger partial charge in [0.25, 0.3) is 0 Å². The Kier molecular flexibility index (Phi) is 6.69. The predicted molar refractivity (Wildman–Crippen MR) is 121 cm³/mol. The molecule has 168 valence electrons. The van der Waals surface area contributed by atoms with Crippen molar-refractivity contribution < 1.29 is 18.0 Å². The van der Waals surface area contributed by atoms with Gasteiger partial charge >= 0.3 is 6.18 Å². The van der Waals surface area contributed by atoms with Crippen molar-refractivity contribution in [3.8, 4) is 0 Å². The highest BCUT2D eigenvalue weighted by Gasteiger charge is 2.31. The maximum atomic E-state index is 12.9. The van der Waals surface area contributed by atoms with E-state index in [4.69, 9.17) is 11.6 Å². The minimum Gasteiger partial charge on any atom is -0.324 e. The van der Waals surface area contributed by atoms with Crippen molar-refractivity contribution in [3.05, 3.63) is 76.8 Å². The van der Waals surface area contributed by atoms with E-state index in [-0.39, 0.29) is 23.2 Å². The molecule has 0 atom stereocenters. The lowest BCUT2D eigenvalue weighted by molar-refractivity contribution is -0.137. The fourth-order valence-electron chi connectivity index (χ4n) is 3.97. The maximum Gasteiger partial charge on any atom is 0.416 e. The number of rotatable bonds is 5. The SMILES string of the molecule is O=C(CN1CCN(Cc2cccc3ccccc23)CC1)Nc1cc(C(F)(F)F)ccc1Cl. The second-order valence-corrected chi connectivity index (χ2v) is 8.34. The number of hydrogen-bond acceptors (Lipinski definition) is 3. The molecule has 32 heavy (non-hydrogen) atoms. The number of benzene rings is 3. The molecule has 0 bridgehead atoms. The van der Waals surface area contributed by atoms with Crippen LogP contribution >= 0.6 is 11.6 Å². The average molecular weight is 462 g/mol. The summed E-state index contributed by atoms with van der Waals surface area (Å²) in [5.41, 5.74) is 0.397. The molecule has 1 amide bonds. The molecule has 1 fully saturated rings. The molecule has 0 aromatic heterocycles. The molecule has 0 saturated carbocycles. The van der Waals surface area contributed by atoms with Gasteiger partial charge in [-0.05, 0) is 34.5 Å². The van der Waals surface area contributed by atoms with Crippen molar-refractivity contribution >= 4 is 34.0 Å². The van der Waals surface area contributed by atoms with Crippen LogP contribution in [-0.2, 0) is 17.5 Å². The van der Waals surface area contributed by atoms with Crippen LogP contribution in [0.15, 0.2) is 60.7 Å². The average Bonchev–Trinajstić information content (AvgIpc) is 2.76. The molecule has 1 N–H and O–H groups in total. The lowest BCUT2D eigenvalue weighted by Gasteiger charge is -2.34. The molecule has 8 heteroatoms. The van der Waals surface area contributed by atoms with Crippen LogP contribution in [0.4, 0.5) is 18.9 Å². The van der Waals surface area contributed by atoms with Gasteiger partial charge in [-0.3, -0.25) is 14.6 Å². The normalized spacial score (nSPS) is 15.8. The molecule has 1 aliphatic rings. The van der Waals surface area contributed by atoms with Crippen molar-refractivity contribution in [3.63, 3.8) is 0 Å². The maximum absolute atomic E-state index is 12.9. The molecule has 3 aromatic carbocycles. The summed E-state index contributed by atoms with van der Waals surface area (Å²) in [6.45, 7) is 3.96. The van der Waals surface area contributed by atoms with Gasteiger partial charge in [0.15, 0.2) is 0 Å². The van der Waals surface area contributed by atoms with Crippen LogP contribution < -0.4 is 5.32 Å². The molecule has 1 saturated heterocycles. The third-order valence-electron chi connectivity index (χ3n) is 5.67. The van der Waals surface area contributed by atoms with E-state index < -0.39 is 11.7 Å². The van der Waals surface area contributed by atoms with Crippen LogP contribution in [-0.4, -0.2) is 48.4 Å². The van der Waals surface area contributed by atoms with E-state index in [1.165, 1.54) is 16.3 Å². The van der Waals surface area contributed by atoms with Crippen LogP contribution in [0.3, 0.4) is 0 Å². The van der Waals surface area contributed by atoms with Gasteiger partial charge in [0.2, 0.25) is 5.91 Å². The van der Waals surface area contributed by atoms with Gasteiger partial charge in [0.1, 0.15) is 0 Å². The first kappa shape index (κ1) is 22.6. The summed E-state index contributed by atoms with van der Waals surface area (Å²) in [5, 5.41) is 5.05. The first-order valence-electron chi connectivity index (χ1n) is 10.4. The van der Waals surface area contributed by atoms with Crippen LogP contribution in [0.25, 0.3) is 10.8 Å². The molecular formula is C24H23ClF3N3O. The Bertz CT molecular complexity index is 1110. The van der Waals surface area contributed by atoms with Crippen molar-refractivity contribution in [2.45, 2.75) is 12.7 Å². The van der Waals surface area contributed by atoms with Crippen molar-refractivity contribution in [2.75, 3.05) is 38.0 Å². The van der Waals surface area contributed by atoms with E-state index in [9.17, 15) is 18.0 Å². The van der Waals surface area contributed by atoms with Gasteiger partial charge in [-0.1, -0.05) is 54.1 Å². The number of amides is 1. The van der Waals surface area contributed by atoms with Crippen LogP contribution in [0, 0.1) is 0 Å². The molecule has 0 unspecified atom stereocenters. The largest absolute Gasteiger partial charge is 0.416 e. The van der Waals surface area contributed by atoms with Gasteiger partial charge in [-0.2, -0.15) is 13.2 Å². The van der Waals surface area contributed by atoms with E-state index in [0.29, 0.717) is 13.1 Å². The van der Waals surface area contributed by atoms with Crippen molar-refractivity contribution in [1.82, 2.24) is 9.80 Å². The van der Waals surface area contributed by atoms with Gasteiger partial charge in [0.05, 0.1) is 22.8 Å². The number of alkyl halides is 3. The number of carbonyl (C=O) groups excluding carboxylic acids is 1. The van der Waals surface area contributed by atoms with Gasteiger partial charge < -0.3 is 5.32 Å². The Morgan fingerprint density at radius 2 is 1.62 bits per heavy atom. The Morgan fingerprint density at radius 3 is 2.38 bits per heavy atom. The molecule has 0 spiro atoms. The zero-order valence-corrected chi connectivity index (χ0v) is 18.1. The molecule has 3 aromatic rings. The highest BCUT2D eigenvalue weighted by molar-refractivity contribution is 6.33. The molecule has 0 radical (unpaired) electrons. The monoisotopic (exact) mass is 461 g/mol. The van der Waals surface area contributed by atoms with Gasteiger partial charge in [0, 0.05) is 32.7 Å². The summed E-state index contributed by atoms with van der Waals surface area (Å²) in [4.78, 5) is 16.8. The van der Waals surface area contributed by atoms with E-state index in [2.05, 4.69) is 40.5 Å². The topological polar surface area (TPSA) is 35.6 Å². The van der Waals surface area contributed by atoms with E-state index in [0.717, 1.165) is 37.8 Å². The fourth-order valence-corrected chi connectivity index (χ4v) is 4.13. The third-order valence-corrected chi connectivity index (χ3v) is 6.00. The molecule has 4 rings (SSSR count). The summed E-state index contributed by atoms with van der Waals surface area (Å²) >= 11 is 5.97. The number of anilines is 1. The summed E-state index contributed by atoms with van der Waals surface area (Å²) in [5.74, 6) is -0.381. The summed E-state index contributed by atoms with van der Waals surface area (Å²) < 4.78 is 38.8. The number of carbonyl (C=O) groups is 1. The molecule has 1 aliphatic heterocycles. The Balaban J connectivity index is 1.31. The van der Waals surface area contributed by atoms with Gasteiger partial charge in [-0.25, -0.2) is 0 Å². The van der Waals surface area contributed by atoms with E-state index in [1.54, 1.807) is 0 Å². The van der Waals surface area contributed by atoms with E-state index in [1.807, 2.05) is 17.0 Å². The van der Waals surface area contributed by atoms with Crippen LogP contribution in [0.5, 0.6) is 0 Å². The summed E-state index contributed by atoms with van der Waals surface area (Å²) in [7, 11) is 0. The highest BCUT2D eigenvalue weighted by atomic mass is 35.5. The smallest absolute Gasteiger partial charge is 0.324 e. The van der Waals surface area contributed by atoms with Gasteiger partial charge in [-0.15, -0.1) is 0 Å². The third kappa shape index (κ3) is 5.41. The van der Waals surface area contributed by atoms with Crippen LogP contribution in [0.1, 0.15) is 11.1 Å². The zero-order chi connectivity index (χ0) is 22.7. The van der Waals surface area contributed by atoms with Crippen molar-refractivity contribution in [1.29, 1.82) is 0 Å². The highest BCUT2D eigenvalue weighted by Crippen LogP contribution is 2.33. The second kappa shape index (κ2) is 9.48. The standard InChI is InChI=1S/C24H23ClF3N3O/c25-21-9-8-19(24(26,27)28)14-22(21)29-23(32)16-31-12-10-30(11-13-31)15-18-6-3-5-17-4-1-2-7-20(17)18/h1-9,14H,10-13,15-16H2,(H,29,32). The predicted octanol–water partition coefficient (Wildman–Crippen LogP) is 5.27. The number of piperazine rings is 1.